The highest BCUT2D eigenvalue weighted by Crippen LogP contribution is 2.22. The molecule has 0 saturated carbocycles. The van der Waals surface area contributed by atoms with Gasteiger partial charge in [-0.15, -0.1) is 13.2 Å². The first-order chi connectivity index (χ1) is 9.26. The summed E-state index contributed by atoms with van der Waals surface area (Å²) in [7, 11) is 0. The number of carboxylic acids is 1. The average molecular weight is 291 g/mol. The first-order valence-corrected chi connectivity index (χ1v) is 5.59. The molecule has 1 aromatic carbocycles. The van der Waals surface area contributed by atoms with Gasteiger partial charge in [-0.3, -0.25) is 9.59 Å². The van der Waals surface area contributed by atoms with E-state index in [2.05, 4.69) is 10.1 Å². The molecule has 0 fully saturated rings. The van der Waals surface area contributed by atoms with Crippen molar-refractivity contribution in [3.05, 3.63) is 29.8 Å². The van der Waals surface area contributed by atoms with Crippen molar-refractivity contribution in [2.45, 2.75) is 19.2 Å². The van der Waals surface area contributed by atoms with E-state index in [1.165, 1.54) is 12.1 Å². The maximum absolute atomic E-state index is 11.9. The van der Waals surface area contributed by atoms with E-state index >= 15 is 0 Å². The van der Waals surface area contributed by atoms with Crippen LogP contribution in [-0.4, -0.2) is 29.9 Å². The van der Waals surface area contributed by atoms with Crippen molar-refractivity contribution < 1.29 is 32.6 Å². The van der Waals surface area contributed by atoms with Gasteiger partial charge in [0.1, 0.15) is 12.3 Å². The van der Waals surface area contributed by atoms with E-state index < -0.39 is 24.8 Å². The molecule has 1 amide bonds. The molecule has 0 aliphatic heterocycles. The summed E-state index contributed by atoms with van der Waals surface area (Å²) in [5.74, 6) is -1.92. The molecule has 0 aliphatic carbocycles. The van der Waals surface area contributed by atoms with E-state index in [1.807, 2.05) is 0 Å². The first kappa shape index (κ1) is 15.8. The molecule has 0 bridgehead atoms. The van der Waals surface area contributed by atoms with Crippen molar-refractivity contribution in [2.24, 2.45) is 0 Å². The van der Waals surface area contributed by atoms with Crippen molar-refractivity contribution in [1.29, 1.82) is 0 Å². The number of ether oxygens (including phenoxy) is 1. The van der Waals surface area contributed by atoms with Crippen LogP contribution in [0.4, 0.5) is 13.2 Å². The van der Waals surface area contributed by atoms with E-state index in [9.17, 15) is 22.8 Å². The zero-order valence-corrected chi connectivity index (χ0v) is 10.2. The van der Waals surface area contributed by atoms with E-state index in [4.69, 9.17) is 5.11 Å². The van der Waals surface area contributed by atoms with E-state index in [1.54, 1.807) is 0 Å². The lowest BCUT2D eigenvalue weighted by molar-refractivity contribution is -0.274. The number of hydrogen-bond acceptors (Lipinski definition) is 3. The van der Waals surface area contributed by atoms with Gasteiger partial charge in [0.2, 0.25) is 5.91 Å². The number of carbonyl (C=O) groups excluding carboxylic acids is 1. The number of rotatable bonds is 6. The topological polar surface area (TPSA) is 75.6 Å². The molecule has 0 spiro atoms. The van der Waals surface area contributed by atoms with Gasteiger partial charge < -0.3 is 15.2 Å². The molecular formula is C12H12F3NO4. The number of alkyl halides is 3. The minimum absolute atomic E-state index is 0.0484. The number of benzene rings is 1. The van der Waals surface area contributed by atoms with Gasteiger partial charge in [0.25, 0.3) is 0 Å². The van der Waals surface area contributed by atoms with Crippen LogP contribution in [0, 0.1) is 0 Å². The molecule has 1 rings (SSSR count). The highest BCUT2D eigenvalue weighted by molar-refractivity contribution is 5.81. The Hall–Kier alpha value is -2.25. The van der Waals surface area contributed by atoms with Gasteiger partial charge in [-0.05, 0) is 24.1 Å². The Morgan fingerprint density at radius 3 is 2.30 bits per heavy atom. The fourth-order valence-corrected chi connectivity index (χ4v) is 1.38. The number of aryl methyl sites for hydroxylation is 1. The lowest BCUT2D eigenvalue weighted by Crippen LogP contribution is -2.29. The Morgan fingerprint density at radius 1 is 1.20 bits per heavy atom. The Balaban J connectivity index is 2.42. The van der Waals surface area contributed by atoms with Gasteiger partial charge >= 0.3 is 12.3 Å². The summed E-state index contributed by atoms with van der Waals surface area (Å²) in [6, 6.07) is 5.12. The third kappa shape index (κ3) is 6.62. The highest BCUT2D eigenvalue weighted by atomic mass is 19.4. The Bertz CT molecular complexity index is 471. The van der Waals surface area contributed by atoms with Crippen LogP contribution < -0.4 is 10.1 Å². The summed E-state index contributed by atoms with van der Waals surface area (Å²) in [5.41, 5.74) is 0.644. The number of aliphatic carboxylic acids is 1. The minimum atomic E-state index is -4.74. The Morgan fingerprint density at radius 2 is 1.80 bits per heavy atom. The van der Waals surface area contributed by atoms with E-state index in [0.29, 0.717) is 5.56 Å². The van der Waals surface area contributed by atoms with Crippen LogP contribution >= 0.6 is 0 Å². The third-order valence-electron chi connectivity index (χ3n) is 2.23. The number of carbonyl (C=O) groups is 2. The van der Waals surface area contributed by atoms with Gasteiger partial charge in [0.15, 0.2) is 0 Å². The van der Waals surface area contributed by atoms with Gasteiger partial charge in [0.05, 0.1) is 0 Å². The predicted molar refractivity (Wildman–Crippen MR) is 62.1 cm³/mol. The van der Waals surface area contributed by atoms with Gasteiger partial charge in [-0.1, -0.05) is 12.1 Å². The first-order valence-electron chi connectivity index (χ1n) is 5.59. The number of nitrogens with one attached hydrogen (secondary N) is 1. The molecule has 0 aromatic heterocycles. The number of carboxylic acid groups (broad SMARTS) is 1. The summed E-state index contributed by atoms with van der Waals surface area (Å²) in [6.07, 6.45) is -4.40. The zero-order valence-electron chi connectivity index (χ0n) is 10.2. The zero-order chi connectivity index (χ0) is 15.2. The van der Waals surface area contributed by atoms with Gasteiger partial charge in [-0.25, -0.2) is 0 Å². The molecule has 20 heavy (non-hydrogen) atoms. The van der Waals surface area contributed by atoms with Crippen LogP contribution in [0.2, 0.25) is 0 Å². The SMILES string of the molecule is O=C(O)CNC(=O)CCc1ccc(OC(F)(F)F)cc1. The van der Waals surface area contributed by atoms with Crippen LogP contribution in [-0.2, 0) is 16.0 Å². The highest BCUT2D eigenvalue weighted by Gasteiger charge is 2.30. The molecule has 2 N–H and O–H groups in total. The minimum Gasteiger partial charge on any atom is -0.480 e. The Labute approximate surface area is 112 Å². The molecule has 5 nitrogen and oxygen atoms in total. The second-order valence-electron chi connectivity index (χ2n) is 3.86. The third-order valence-corrected chi connectivity index (χ3v) is 2.23. The smallest absolute Gasteiger partial charge is 0.480 e. The molecule has 0 unspecified atom stereocenters. The van der Waals surface area contributed by atoms with Crippen LogP contribution in [0.15, 0.2) is 24.3 Å². The number of hydrogen-bond donors (Lipinski definition) is 2. The molecule has 0 aliphatic rings. The van der Waals surface area contributed by atoms with Crippen molar-refractivity contribution in [3.63, 3.8) is 0 Å². The van der Waals surface area contributed by atoms with Crippen LogP contribution in [0.5, 0.6) is 5.75 Å². The monoisotopic (exact) mass is 291 g/mol. The molecule has 110 valence electrons. The Kier molecular flexibility index (Phi) is 5.36. The maximum atomic E-state index is 11.9. The molecule has 0 radical (unpaired) electrons. The maximum Gasteiger partial charge on any atom is 0.573 e. The van der Waals surface area contributed by atoms with E-state index in [0.717, 1.165) is 12.1 Å². The normalized spacial score (nSPS) is 10.9. The lowest BCUT2D eigenvalue weighted by atomic mass is 10.1. The fraction of sp³-hybridized carbons (Fsp3) is 0.333. The van der Waals surface area contributed by atoms with Crippen LogP contribution in [0.1, 0.15) is 12.0 Å². The van der Waals surface area contributed by atoms with Crippen LogP contribution in [0.3, 0.4) is 0 Å². The molecule has 0 atom stereocenters. The number of amides is 1. The van der Waals surface area contributed by atoms with Crippen molar-refractivity contribution in [3.8, 4) is 5.75 Å². The van der Waals surface area contributed by atoms with E-state index in [-0.39, 0.29) is 18.6 Å². The summed E-state index contributed by atoms with van der Waals surface area (Å²) in [4.78, 5) is 21.4. The predicted octanol–water partition coefficient (Wildman–Crippen LogP) is 1.72. The largest absolute Gasteiger partial charge is 0.573 e. The van der Waals surface area contributed by atoms with Crippen molar-refractivity contribution in [1.82, 2.24) is 5.32 Å². The standard InChI is InChI=1S/C12H12F3NO4/c13-12(14,15)20-9-4-1-8(2-5-9)3-6-10(17)16-7-11(18)19/h1-2,4-5H,3,6-7H2,(H,16,17)(H,18,19). The van der Waals surface area contributed by atoms with Gasteiger partial charge in [0, 0.05) is 6.42 Å². The van der Waals surface area contributed by atoms with Crippen molar-refractivity contribution >= 4 is 11.9 Å². The molecule has 0 heterocycles. The summed E-state index contributed by atoms with van der Waals surface area (Å²) < 4.78 is 39.5. The second-order valence-corrected chi connectivity index (χ2v) is 3.86. The summed E-state index contributed by atoms with van der Waals surface area (Å²) >= 11 is 0. The fourth-order valence-electron chi connectivity index (χ4n) is 1.38. The average Bonchev–Trinajstić information content (AvgIpc) is 2.33. The molecule has 0 saturated heterocycles. The van der Waals surface area contributed by atoms with Crippen molar-refractivity contribution in [2.75, 3.05) is 6.54 Å². The second kappa shape index (κ2) is 6.78. The summed E-state index contributed by atoms with van der Waals surface area (Å²) in [6.45, 7) is -0.461. The quantitative estimate of drug-likeness (QED) is 0.836. The van der Waals surface area contributed by atoms with Crippen LogP contribution in [0.25, 0.3) is 0 Å². The van der Waals surface area contributed by atoms with Gasteiger partial charge in [-0.2, -0.15) is 0 Å². The molecule has 1 aromatic rings. The lowest BCUT2D eigenvalue weighted by Gasteiger charge is -2.09. The molecule has 8 heteroatoms. The molecular weight excluding hydrogens is 279 g/mol. The summed E-state index contributed by atoms with van der Waals surface area (Å²) in [5, 5.41) is 10.5. The number of halogens is 3.